The normalized spacial score (nSPS) is 18.9. The number of amides is 2. The van der Waals surface area contributed by atoms with Gasteiger partial charge in [0.15, 0.2) is 0 Å². The van der Waals surface area contributed by atoms with Gasteiger partial charge in [-0.15, -0.1) is 0 Å². The fourth-order valence-electron chi connectivity index (χ4n) is 3.94. The quantitative estimate of drug-likeness (QED) is 0.797. The topological polar surface area (TPSA) is 49.4 Å². The molecule has 1 N–H and O–H groups in total. The van der Waals surface area contributed by atoms with Crippen molar-refractivity contribution in [2.75, 3.05) is 19.6 Å². The van der Waals surface area contributed by atoms with E-state index < -0.39 is 0 Å². The fourth-order valence-corrected chi connectivity index (χ4v) is 3.94. The molecule has 1 heterocycles. The van der Waals surface area contributed by atoms with Crippen molar-refractivity contribution < 1.29 is 14.0 Å². The predicted octanol–water partition coefficient (Wildman–Crippen LogP) is 4.15. The number of hydrogen-bond acceptors (Lipinski definition) is 2. The summed E-state index contributed by atoms with van der Waals surface area (Å²) < 4.78 is 13.2. The summed E-state index contributed by atoms with van der Waals surface area (Å²) in [7, 11) is 0. The lowest BCUT2D eigenvalue weighted by molar-refractivity contribution is -0.124. The minimum absolute atomic E-state index is 0.00620. The lowest BCUT2D eigenvalue weighted by Crippen LogP contribution is -2.36. The van der Waals surface area contributed by atoms with Gasteiger partial charge in [-0.2, -0.15) is 0 Å². The molecule has 1 saturated heterocycles. The van der Waals surface area contributed by atoms with Gasteiger partial charge in [0.1, 0.15) is 5.82 Å². The highest BCUT2D eigenvalue weighted by molar-refractivity contribution is 5.95. The van der Waals surface area contributed by atoms with Crippen LogP contribution >= 0.6 is 0 Å². The number of aryl methyl sites for hydroxylation is 1. The third-order valence-electron chi connectivity index (χ3n) is 5.64. The first kappa shape index (κ1) is 21.0. The number of carbonyl (C=O) groups is 2. The molecule has 0 aromatic heterocycles. The van der Waals surface area contributed by atoms with E-state index in [0.717, 1.165) is 17.5 Å². The molecule has 0 spiro atoms. The summed E-state index contributed by atoms with van der Waals surface area (Å²) in [5.74, 6) is -0.382. The number of nitrogens with one attached hydrogen (secondary N) is 1. The molecule has 1 aliphatic heterocycles. The van der Waals surface area contributed by atoms with E-state index in [-0.39, 0.29) is 29.5 Å². The van der Waals surface area contributed by atoms with Crippen molar-refractivity contribution in [1.82, 2.24) is 10.2 Å². The van der Waals surface area contributed by atoms with Gasteiger partial charge in [-0.3, -0.25) is 9.59 Å². The molecule has 1 fully saturated rings. The monoisotopic (exact) mass is 396 g/mol. The van der Waals surface area contributed by atoms with Gasteiger partial charge in [-0.25, -0.2) is 4.39 Å². The Morgan fingerprint density at radius 2 is 1.79 bits per heavy atom. The van der Waals surface area contributed by atoms with Gasteiger partial charge >= 0.3 is 0 Å². The maximum absolute atomic E-state index is 13.2. The van der Waals surface area contributed by atoms with Gasteiger partial charge in [0.05, 0.1) is 5.92 Å². The molecular weight excluding hydrogens is 367 g/mol. The molecule has 0 saturated carbocycles. The third-order valence-corrected chi connectivity index (χ3v) is 5.64. The fraction of sp³-hybridized carbons (Fsp3) is 0.417. The summed E-state index contributed by atoms with van der Waals surface area (Å²) in [6.45, 7) is 7.76. The average molecular weight is 397 g/mol. The van der Waals surface area contributed by atoms with Crippen LogP contribution in [0.2, 0.25) is 0 Å². The molecule has 2 amide bonds. The van der Waals surface area contributed by atoms with Gasteiger partial charge < -0.3 is 10.2 Å². The van der Waals surface area contributed by atoms with E-state index in [4.69, 9.17) is 0 Å². The van der Waals surface area contributed by atoms with Crippen LogP contribution in [0.15, 0.2) is 48.5 Å². The molecule has 2 aromatic carbocycles. The molecule has 29 heavy (non-hydrogen) atoms. The Kier molecular flexibility index (Phi) is 6.68. The van der Waals surface area contributed by atoms with Crippen molar-refractivity contribution >= 4 is 11.8 Å². The van der Waals surface area contributed by atoms with Crippen LogP contribution in [0, 0.1) is 24.6 Å². The molecule has 4 nitrogen and oxygen atoms in total. The molecule has 2 aromatic rings. The zero-order chi connectivity index (χ0) is 21.0. The minimum atomic E-state index is -0.372. The Labute approximate surface area is 172 Å². The highest BCUT2D eigenvalue weighted by Crippen LogP contribution is 2.35. The SMILES string of the molecule is Cc1ccccc1C1CN(C(=O)c2ccc(F)cc2)CC1C(=O)NCCC(C)C. The van der Waals surface area contributed by atoms with Crippen LogP contribution in [-0.4, -0.2) is 36.3 Å². The minimum Gasteiger partial charge on any atom is -0.356 e. The molecular formula is C24H29FN2O2. The Balaban J connectivity index is 1.81. The van der Waals surface area contributed by atoms with Gasteiger partial charge in [0.25, 0.3) is 5.91 Å². The number of benzene rings is 2. The molecule has 2 atom stereocenters. The number of hydrogen-bond donors (Lipinski definition) is 1. The van der Waals surface area contributed by atoms with Crippen LogP contribution < -0.4 is 5.32 Å². The number of nitrogens with zero attached hydrogens (tertiary/aromatic N) is 1. The lowest BCUT2D eigenvalue weighted by atomic mass is 9.86. The highest BCUT2D eigenvalue weighted by atomic mass is 19.1. The molecule has 3 rings (SSSR count). The highest BCUT2D eigenvalue weighted by Gasteiger charge is 2.40. The standard InChI is InChI=1S/C24H29FN2O2/c1-16(2)12-13-26-23(28)22-15-27(24(29)18-8-10-19(25)11-9-18)14-21(22)20-7-5-4-6-17(20)3/h4-11,16,21-22H,12-15H2,1-3H3,(H,26,28). The predicted molar refractivity (Wildman–Crippen MR) is 112 cm³/mol. The van der Waals surface area contributed by atoms with Crippen molar-refractivity contribution in [3.05, 3.63) is 71.0 Å². The molecule has 154 valence electrons. The van der Waals surface area contributed by atoms with Crippen molar-refractivity contribution in [2.45, 2.75) is 33.1 Å². The molecule has 0 bridgehead atoms. The second-order valence-corrected chi connectivity index (χ2v) is 8.26. The Bertz CT molecular complexity index is 863. The second-order valence-electron chi connectivity index (χ2n) is 8.26. The first-order valence-electron chi connectivity index (χ1n) is 10.2. The first-order chi connectivity index (χ1) is 13.9. The van der Waals surface area contributed by atoms with E-state index in [2.05, 4.69) is 19.2 Å². The molecule has 1 aliphatic rings. The summed E-state index contributed by atoms with van der Waals surface area (Å²) in [5.41, 5.74) is 2.66. The van der Waals surface area contributed by atoms with Crippen molar-refractivity contribution in [3.63, 3.8) is 0 Å². The number of likely N-dealkylation sites (tertiary alicyclic amines) is 1. The number of halogens is 1. The molecule has 5 heteroatoms. The summed E-state index contributed by atoms with van der Waals surface area (Å²) >= 11 is 0. The Hall–Kier alpha value is -2.69. The summed E-state index contributed by atoms with van der Waals surface area (Å²) in [6, 6.07) is 13.6. The summed E-state index contributed by atoms with van der Waals surface area (Å²) in [4.78, 5) is 27.7. The van der Waals surface area contributed by atoms with E-state index >= 15 is 0 Å². The van der Waals surface area contributed by atoms with E-state index in [9.17, 15) is 14.0 Å². The number of rotatable bonds is 6. The molecule has 0 aliphatic carbocycles. The lowest BCUT2D eigenvalue weighted by Gasteiger charge is -2.20. The third kappa shape index (κ3) is 5.03. The Morgan fingerprint density at radius 3 is 2.45 bits per heavy atom. The van der Waals surface area contributed by atoms with Crippen LogP contribution in [0.4, 0.5) is 4.39 Å². The number of carbonyl (C=O) groups excluding carboxylic acids is 2. The smallest absolute Gasteiger partial charge is 0.253 e. The maximum Gasteiger partial charge on any atom is 0.253 e. The van der Waals surface area contributed by atoms with Crippen LogP contribution in [0.3, 0.4) is 0 Å². The van der Waals surface area contributed by atoms with E-state index in [0.29, 0.717) is 31.1 Å². The van der Waals surface area contributed by atoms with Gasteiger partial charge in [0, 0.05) is 31.1 Å². The van der Waals surface area contributed by atoms with Gasteiger partial charge in [0.2, 0.25) is 5.91 Å². The zero-order valence-corrected chi connectivity index (χ0v) is 17.3. The van der Waals surface area contributed by atoms with Crippen molar-refractivity contribution in [2.24, 2.45) is 11.8 Å². The maximum atomic E-state index is 13.2. The largest absolute Gasteiger partial charge is 0.356 e. The van der Waals surface area contributed by atoms with E-state index in [1.807, 2.05) is 31.2 Å². The molecule has 0 radical (unpaired) electrons. The second kappa shape index (κ2) is 9.21. The molecule has 2 unspecified atom stereocenters. The summed E-state index contributed by atoms with van der Waals surface area (Å²) in [6.07, 6.45) is 0.922. The first-order valence-corrected chi connectivity index (χ1v) is 10.2. The van der Waals surface area contributed by atoms with Crippen LogP contribution in [0.5, 0.6) is 0 Å². The van der Waals surface area contributed by atoms with Crippen LogP contribution in [-0.2, 0) is 4.79 Å². The van der Waals surface area contributed by atoms with Crippen LogP contribution in [0.25, 0.3) is 0 Å². The van der Waals surface area contributed by atoms with E-state index in [1.165, 1.54) is 24.3 Å². The zero-order valence-electron chi connectivity index (χ0n) is 17.3. The summed E-state index contributed by atoms with van der Waals surface area (Å²) in [5, 5.41) is 3.06. The average Bonchev–Trinajstić information content (AvgIpc) is 3.13. The van der Waals surface area contributed by atoms with Gasteiger partial charge in [-0.05, 0) is 54.7 Å². The van der Waals surface area contributed by atoms with Crippen molar-refractivity contribution in [1.29, 1.82) is 0 Å². The van der Waals surface area contributed by atoms with Gasteiger partial charge in [-0.1, -0.05) is 38.1 Å². The Morgan fingerprint density at radius 1 is 1.10 bits per heavy atom. The van der Waals surface area contributed by atoms with E-state index in [1.54, 1.807) is 4.90 Å². The van der Waals surface area contributed by atoms with Crippen molar-refractivity contribution in [3.8, 4) is 0 Å². The van der Waals surface area contributed by atoms with Crippen LogP contribution in [0.1, 0.15) is 47.7 Å².